The van der Waals surface area contributed by atoms with Crippen molar-refractivity contribution in [1.82, 2.24) is 24.7 Å². The highest BCUT2D eigenvalue weighted by molar-refractivity contribution is 5.80. The highest BCUT2D eigenvalue weighted by Crippen LogP contribution is 2.22. The number of hydrogen-bond donors (Lipinski definition) is 1. The van der Waals surface area contributed by atoms with Crippen LogP contribution in [0.25, 0.3) is 16.7 Å². The number of nitrogens with zero attached hydrogens (tertiary/aromatic N) is 4. The molecule has 4 aromatic rings. The molecule has 3 aromatic carbocycles. The smallest absolute Gasteiger partial charge is 0.234 e. The van der Waals surface area contributed by atoms with Crippen molar-refractivity contribution in [2.45, 2.75) is 19.4 Å². The van der Waals surface area contributed by atoms with Crippen LogP contribution in [0, 0.1) is 0 Å². The second-order valence-electron chi connectivity index (χ2n) is 9.11. The number of imidazole rings is 1. The van der Waals surface area contributed by atoms with E-state index in [0.29, 0.717) is 52.1 Å². The fourth-order valence-corrected chi connectivity index (χ4v) is 4.70. The minimum Gasteiger partial charge on any atom is -0.351 e. The number of aromatic nitrogens is 2. The first-order chi connectivity index (χ1) is 17.7. The van der Waals surface area contributed by atoms with Gasteiger partial charge in [0.2, 0.25) is 11.8 Å². The number of carbonyl (C=O) groups is 2. The molecule has 36 heavy (non-hydrogen) atoms. The number of carbonyl (C=O) groups excluding carboxylic acids is 2. The number of amides is 2. The summed E-state index contributed by atoms with van der Waals surface area (Å²) in [7, 11) is 0. The van der Waals surface area contributed by atoms with Gasteiger partial charge in [-0.3, -0.25) is 19.1 Å². The standard InChI is InChI=1S/C29H31N5O2/c35-28(30-21-23-9-3-1-4-10-23)22-32-17-19-33(20-18-32)29(36)16-15-27-31-25-13-7-8-14-26(25)34(27)24-11-5-2-6-12-24/h1-14H,15-22H2,(H,30,35). The molecular weight excluding hydrogens is 450 g/mol. The molecule has 1 fully saturated rings. The Morgan fingerprint density at radius 1 is 0.806 bits per heavy atom. The van der Waals surface area contributed by atoms with Crippen LogP contribution in [0.5, 0.6) is 0 Å². The van der Waals surface area contributed by atoms with Gasteiger partial charge in [0.15, 0.2) is 0 Å². The quantitative estimate of drug-likeness (QED) is 0.419. The van der Waals surface area contributed by atoms with E-state index in [1.54, 1.807) is 0 Å². The van der Waals surface area contributed by atoms with E-state index in [-0.39, 0.29) is 11.8 Å². The summed E-state index contributed by atoms with van der Waals surface area (Å²) >= 11 is 0. The van der Waals surface area contributed by atoms with Gasteiger partial charge in [-0.05, 0) is 29.8 Å². The summed E-state index contributed by atoms with van der Waals surface area (Å²) in [6.07, 6.45) is 0.984. The zero-order valence-electron chi connectivity index (χ0n) is 20.3. The molecule has 1 aliphatic rings. The predicted octanol–water partition coefficient (Wildman–Crippen LogP) is 3.42. The minimum atomic E-state index is 0.0124. The molecule has 1 N–H and O–H groups in total. The van der Waals surface area contributed by atoms with Crippen molar-refractivity contribution in [3.8, 4) is 5.69 Å². The van der Waals surface area contributed by atoms with Crippen LogP contribution in [0.1, 0.15) is 17.8 Å². The third-order valence-electron chi connectivity index (χ3n) is 6.63. The molecule has 7 nitrogen and oxygen atoms in total. The molecule has 0 saturated carbocycles. The summed E-state index contributed by atoms with van der Waals surface area (Å²) < 4.78 is 2.15. The number of fused-ring (bicyclic) bond motifs is 1. The third-order valence-corrected chi connectivity index (χ3v) is 6.63. The van der Waals surface area contributed by atoms with Crippen molar-refractivity contribution in [1.29, 1.82) is 0 Å². The Balaban J connectivity index is 1.13. The number of hydrogen-bond acceptors (Lipinski definition) is 4. The molecule has 0 radical (unpaired) electrons. The van der Waals surface area contributed by atoms with Gasteiger partial charge in [-0.25, -0.2) is 4.98 Å². The number of rotatable bonds is 8. The van der Waals surface area contributed by atoms with Crippen LogP contribution in [0.15, 0.2) is 84.9 Å². The monoisotopic (exact) mass is 481 g/mol. The van der Waals surface area contributed by atoms with Gasteiger partial charge in [0, 0.05) is 51.3 Å². The molecule has 184 valence electrons. The zero-order valence-corrected chi connectivity index (χ0v) is 20.3. The molecule has 0 spiro atoms. The number of benzene rings is 3. The Hall–Kier alpha value is -3.97. The molecule has 0 aliphatic carbocycles. The maximum Gasteiger partial charge on any atom is 0.234 e. The van der Waals surface area contributed by atoms with Crippen LogP contribution in [-0.4, -0.2) is 63.9 Å². The van der Waals surface area contributed by atoms with Crippen LogP contribution in [-0.2, 0) is 22.6 Å². The first-order valence-corrected chi connectivity index (χ1v) is 12.5. The van der Waals surface area contributed by atoms with Gasteiger partial charge in [-0.2, -0.15) is 0 Å². The highest BCUT2D eigenvalue weighted by atomic mass is 16.2. The van der Waals surface area contributed by atoms with Gasteiger partial charge in [-0.15, -0.1) is 0 Å². The number of para-hydroxylation sites is 3. The Bertz CT molecular complexity index is 1310. The lowest BCUT2D eigenvalue weighted by Gasteiger charge is -2.34. The van der Waals surface area contributed by atoms with E-state index in [0.717, 1.165) is 28.1 Å². The van der Waals surface area contributed by atoms with E-state index in [1.807, 2.05) is 71.6 Å². The second kappa shape index (κ2) is 11.2. The Morgan fingerprint density at radius 2 is 1.47 bits per heavy atom. The van der Waals surface area contributed by atoms with Crippen molar-refractivity contribution in [2.24, 2.45) is 0 Å². The van der Waals surface area contributed by atoms with E-state index in [9.17, 15) is 9.59 Å². The lowest BCUT2D eigenvalue weighted by atomic mass is 10.2. The molecule has 7 heteroatoms. The molecule has 2 heterocycles. The third kappa shape index (κ3) is 5.63. The molecule has 2 amide bonds. The molecular formula is C29H31N5O2. The van der Waals surface area contributed by atoms with Gasteiger partial charge >= 0.3 is 0 Å². The molecule has 1 saturated heterocycles. The first kappa shape index (κ1) is 23.8. The molecule has 1 aliphatic heterocycles. The normalized spacial score (nSPS) is 14.2. The zero-order chi connectivity index (χ0) is 24.7. The summed E-state index contributed by atoms with van der Waals surface area (Å²) in [6, 6.07) is 28.1. The Kier molecular flexibility index (Phi) is 7.38. The fraction of sp³-hybridized carbons (Fsp3) is 0.276. The first-order valence-electron chi connectivity index (χ1n) is 12.5. The molecule has 0 unspecified atom stereocenters. The average molecular weight is 482 g/mol. The summed E-state index contributed by atoms with van der Waals surface area (Å²) in [5.41, 5.74) is 4.11. The van der Waals surface area contributed by atoms with Crippen LogP contribution in [0.2, 0.25) is 0 Å². The maximum absolute atomic E-state index is 13.0. The van der Waals surface area contributed by atoms with Gasteiger partial charge < -0.3 is 10.2 Å². The van der Waals surface area contributed by atoms with Crippen molar-refractivity contribution in [3.05, 3.63) is 96.3 Å². The van der Waals surface area contributed by atoms with Crippen LogP contribution in [0.4, 0.5) is 0 Å². The Morgan fingerprint density at radius 3 is 2.22 bits per heavy atom. The highest BCUT2D eigenvalue weighted by Gasteiger charge is 2.23. The second-order valence-corrected chi connectivity index (χ2v) is 9.11. The van der Waals surface area contributed by atoms with Gasteiger partial charge in [0.1, 0.15) is 5.82 Å². The topological polar surface area (TPSA) is 70.5 Å². The van der Waals surface area contributed by atoms with Crippen molar-refractivity contribution in [3.63, 3.8) is 0 Å². The average Bonchev–Trinajstić information content (AvgIpc) is 3.30. The summed E-state index contributed by atoms with van der Waals surface area (Å²) in [4.78, 5) is 34.2. The fourth-order valence-electron chi connectivity index (χ4n) is 4.70. The maximum atomic E-state index is 13.0. The van der Waals surface area contributed by atoms with Gasteiger partial charge in [0.05, 0.1) is 17.6 Å². The van der Waals surface area contributed by atoms with E-state index >= 15 is 0 Å². The van der Waals surface area contributed by atoms with Crippen molar-refractivity contribution >= 4 is 22.8 Å². The van der Waals surface area contributed by atoms with E-state index in [1.165, 1.54) is 0 Å². The van der Waals surface area contributed by atoms with Gasteiger partial charge in [-0.1, -0.05) is 60.7 Å². The molecule has 0 bridgehead atoms. The lowest BCUT2D eigenvalue weighted by molar-refractivity contribution is -0.133. The summed E-state index contributed by atoms with van der Waals surface area (Å²) in [6.45, 7) is 3.57. The Labute approximate surface area is 211 Å². The van der Waals surface area contributed by atoms with Crippen LogP contribution >= 0.6 is 0 Å². The largest absolute Gasteiger partial charge is 0.351 e. The van der Waals surface area contributed by atoms with Crippen LogP contribution < -0.4 is 5.32 Å². The molecule has 5 rings (SSSR count). The van der Waals surface area contributed by atoms with Crippen molar-refractivity contribution in [2.75, 3.05) is 32.7 Å². The molecule has 0 atom stereocenters. The predicted molar refractivity (Wildman–Crippen MR) is 141 cm³/mol. The van der Waals surface area contributed by atoms with Gasteiger partial charge in [0.25, 0.3) is 0 Å². The van der Waals surface area contributed by atoms with E-state index in [2.05, 4.69) is 33.0 Å². The lowest BCUT2D eigenvalue weighted by Crippen LogP contribution is -2.51. The summed E-state index contributed by atoms with van der Waals surface area (Å²) in [5.74, 6) is 1.04. The minimum absolute atomic E-state index is 0.0124. The SMILES string of the molecule is O=C(CN1CCN(C(=O)CCc2nc3ccccc3n2-c2ccccc2)CC1)NCc1ccccc1. The summed E-state index contributed by atoms with van der Waals surface area (Å²) in [5, 5.41) is 2.98. The van der Waals surface area contributed by atoms with Crippen molar-refractivity contribution < 1.29 is 9.59 Å². The number of piperazine rings is 1. The number of nitrogens with one attached hydrogen (secondary N) is 1. The van der Waals surface area contributed by atoms with Crippen LogP contribution in [0.3, 0.4) is 0 Å². The number of aryl methyl sites for hydroxylation is 1. The van der Waals surface area contributed by atoms with E-state index in [4.69, 9.17) is 4.98 Å². The molecule has 1 aromatic heterocycles. The van der Waals surface area contributed by atoms with E-state index < -0.39 is 0 Å².